The summed E-state index contributed by atoms with van der Waals surface area (Å²) in [5.74, 6) is -0.0649. The van der Waals surface area contributed by atoms with Gasteiger partial charge in [-0.15, -0.1) is 0 Å². The molecule has 0 radical (unpaired) electrons. The molecule has 182 valence electrons. The number of hydrogen-bond acceptors (Lipinski definition) is 9. The van der Waals surface area contributed by atoms with Crippen molar-refractivity contribution in [3.63, 3.8) is 0 Å². The molecule has 2 atom stereocenters. The SMILES string of the molecule is COc1cc(O)c(C=O)c(OCC(=O)Nc2cc([C@H]3CC[C@@H](OC(=O)NC4COC4)C3)[nH]n2)c1. The van der Waals surface area contributed by atoms with Gasteiger partial charge < -0.3 is 34.7 Å². The molecule has 1 aliphatic carbocycles. The molecule has 1 saturated carbocycles. The van der Waals surface area contributed by atoms with Crippen LogP contribution in [0.4, 0.5) is 10.6 Å². The van der Waals surface area contributed by atoms with Crippen molar-refractivity contribution in [2.75, 3.05) is 32.2 Å². The molecule has 1 aromatic carbocycles. The Hall–Kier alpha value is -3.80. The summed E-state index contributed by atoms with van der Waals surface area (Å²) < 4.78 is 20.9. The number of anilines is 1. The molecule has 34 heavy (non-hydrogen) atoms. The summed E-state index contributed by atoms with van der Waals surface area (Å²) in [5.41, 5.74) is 0.749. The first-order valence-electron chi connectivity index (χ1n) is 10.8. The number of phenolic OH excluding ortho intramolecular Hbond substituents is 1. The number of H-pyrrole nitrogens is 1. The number of carbonyl (C=O) groups excluding carboxylic acids is 3. The Kier molecular flexibility index (Phi) is 7.16. The third kappa shape index (κ3) is 5.57. The van der Waals surface area contributed by atoms with Crippen LogP contribution in [0.2, 0.25) is 0 Å². The van der Waals surface area contributed by atoms with Gasteiger partial charge in [0, 0.05) is 29.8 Å². The summed E-state index contributed by atoms with van der Waals surface area (Å²) in [4.78, 5) is 35.4. The molecule has 12 heteroatoms. The predicted octanol–water partition coefficient (Wildman–Crippen LogP) is 1.71. The lowest BCUT2D eigenvalue weighted by atomic mass is 10.0. The summed E-state index contributed by atoms with van der Waals surface area (Å²) >= 11 is 0. The second kappa shape index (κ2) is 10.4. The zero-order valence-corrected chi connectivity index (χ0v) is 18.5. The topological polar surface area (TPSA) is 161 Å². The largest absolute Gasteiger partial charge is 0.507 e. The maximum absolute atomic E-state index is 12.3. The van der Waals surface area contributed by atoms with Crippen LogP contribution in [0.15, 0.2) is 18.2 Å². The first kappa shape index (κ1) is 23.4. The van der Waals surface area contributed by atoms with Gasteiger partial charge in [0.25, 0.3) is 5.91 Å². The third-order valence-corrected chi connectivity index (χ3v) is 5.73. The van der Waals surface area contributed by atoms with Crippen molar-refractivity contribution in [1.29, 1.82) is 0 Å². The summed E-state index contributed by atoms with van der Waals surface area (Å²) in [6, 6.07) is 4.43. The van der Waals surface area contributed by atoms with Crippen LogP contribution in [0.25, 0.3) is 0 Å². The molecule has 4 N–H and O–H groups in total. The molecule has 2 fully saturated rings. The van der Waals surface area contributed by atoms with Crippen molar-refractivity contribution in [1.82, 2.24) is 15.5 Å². The average molecular weight is 474 g/mol. The number of nitrogens with zero attached hydrogens (tertiary/aromatic N) is 1. The van der Waals surface area contributed by atoms with Crippen LogP contribution in [-0.4, -0.2) is 72.7 Å². The maximum atomic E-state index is 12.3. The highest BCUT2D eigenvalue weighted by atomic mass is 16.6. The lowest BCUT2D eigenvalue weighted by Crippen LogP contribution is -2.49. The Balaban J connectivity index is 1.26. The van der Waals surface area contributed by atoms with Gasteiger partial charge in [0.2, 0.25) is 0 Å². The number of benzene rings is 1. The molecule has 1 aliphatic heterocycles. The molecule has 12 nitrogen and oxygen atoms in total. The van der Waals surface area contributed by atoms with E-state index in [0.29, 0.717) is 31.7 Å². The van der Waals surface area contributed by atoms with Crippen molar-refractivity contribution in [3.05, 3.63) is 29.5 Å². The minimum atomic E-state index is -0.499. The monoisotopic (exact) mass is 474 g/mol. The van der Waals surface area contributed by atoms with E-state index in [1.54, 1.807) is 6.07 Å². The number of aromatic amines is 1. The highest BCUT2D eigenvalue weighted by Gasteiger charge is 2.31. The highest BCUT2D eigenvalue weighted by molar-refractivity contribution is 5.91. The second-order valence-corrected chi connectivity index (χ2v) is 8.14. The van der Waals surface area contributed by atoms with E-state index in [9.17, 15) is 19.5 Å². The number of carbonyl (C=O) groups is 3. The fourth-order valence-electron chi connectivity index (χ4n) is 3.88. The number of aromatic hydroxyl groups is 1. The lowest BCUT2D eigenvalue weighted by Gasteiger charge is -2.27. The number of phenols is 1. The van der Waals surface area contributed by atoms with E-state index in [0.717, 1.165) is 18.5 Å². The molecule has 2 amide bonds. The van der Waals surface area contributed by atoms with Gasteiger partial charge in [-0.2, -0.15) is 5.10 Å². The Morgan fingerprint density at radius 2 is 2.12 bits per heavy atom. The summed E-state index contributed by atoms with van der Waals surface area (Å²) in [6.45, 7) is 0.614. The van der Waals surface area contributed by atoms with Gasteiger partial charge in [-0.1, -0.05) is 0 Å². The second-order valence-electron chi connectivity index (χ2n) is 8.14. The van der Waals surface area contributed by atoms with Gasteiger partial charge in [-0.05, 0) is 19.3 Å². The van der Waals surface area contributed by atoms with E-state index in [4.69, 9.17) is 18.9 Å². The van der Waals surface area contributed by atoms with Gasteiger partial charge in [0.1, 0.15) is 23.4 Å². The van der Waals surface area contributed by atoms with Gasteiger partial charge in [0.05, 0.1) is 31.9 Å². The molecule has 4 rings (SSSR count). The molecule has 0 bridgehead atoms. The number of amides is 2. The van der Waals surface area contributed by atoms with Crippen LogP contribution in [0.5, 0.6) is 17.2 Å². The van der Waals surface area contributed by atoms with Crippen molar-refractivity contribution >= 4 is 24.1 Å². The van der Waals surface area contributed by atoms with Gasteiger partial charge in [-0.25, -0.2) is 4.79 Å². The van der Waals surface area contributed by atoms with E-state index >= 15 is 0 Å². The van der Waals surface area contributed by atoms with E-state index < -0.39 is 18.6 Å². The molecule has 1 saturated heterocycles. The zero-order chi connectivity index (χ0) is 24.1. The molecule has 2 aliphatic rings. The van der Waals surface area contributed by atoms with E-state index in [-0.39, 0.29) is 40.9 Å². The molecule has 1 aromatic heterocycles. The number of aromatic nitrogens is 2. The Labute approximate surface area is 194 Å². The van der Waals surface area contributed by atoms with Crippen LogP contribution >= 0.6 is 0 Å². The Morgan fingerprint density at radius 3 is 2.82 bits per heavy atom. The molecule has 2 aromatic rings. The first-order valence-corrected chi connectivity index (χ1v) is 10.8. The number of aldehydes is 1. The molecule has 0 spiro atoms. The van der Waals surface area contributed by atoms with Crippen molar-refractivity contribution < 1.29 is 38.4 Å². The van der Waals surface area contributed by atoms with Crippen molar-refractivity contribution in [2.45, 2.75) is 37.3 Å². The molecule has 2 heterocycles. The van der Waals surface area contributed by atoms with Gasteiger partial charge in [0.15, 0.2) is 18.7 Å². The normalized spacial score (nSPS) is 19.7. The average Bonchev–Trinajstić information content (AvgIpc) is 3.44. The summed E-state index contributed by atoms with van der Waals surface area (Å²) in [7, 11) is 1.40. The van der Waals surface area contributed by atoms with E-state index in [1.807, 2.05) is 0 Å². The number of methoxy groups -OCH3 is 1. The van der Waals surface area contributed by atoms with Crippen molar-refractivity contribution in [2.24, 2.45) is 0 Å². The third-order valence-electron chi connectivity index (χ3n) is 5.73. The minimum absolute atomic E-state index is 0.0205. The van der Waals surface area contributed by atoms with E-state index in [1.165, 1.54) is 19.2 Å². The molecule has 0 unspecified atom stereocenters. The zero-order valence-electron chi connectivity index (χ0n) is 18.5. The lowest BCUT2D eigenvalue weighted by molar-refractivity contribution is -0.118. The van der Waals surface area contributed by atoms with Crippen molar-refractivity contribution in [3.8, 4) is 17.2 Å². The Morgan fingerprint density at radius 1 is 1.29 bits per heavy atom. The fraction of sp³-hybridized carbons (Fsp3) is 0.455. The smallest absolute Gasteiger partial charge is 0.407 e. The van der Waals surface area contributed by atoms with Crippen LogP contribution in [0, 0.1) is 0 Å². The minimum Gasteiger partial charge on any atom is -0.507 e. The number of rotatable bonds is 9. The van der Waals surface area contributed by atoms with Crippen LogP contribution in [0.3, 0.4) is 0 Å². The van der Waals surface area contributed by atoms with Crippen LogP contribution in [-0.2, 0) is 14.3 Å². The van der Waals surface area contributed by atoms with Crippen LogP contribution < -0.4 is 20.1 Å². The van der Waals surface area contributed by atoms with E-state index in [2.05, 4.69) is 20.8 Å². The predicted molar refractivity (Wildman–Crippen MR) is 117 cm³/mol. The number of alkyl carbamates (subject to hydrolysis) is 1. The highest BCUT2D eigenvalue weighted by Crippen LogP contribution is 2.36. The number of ether oxygens (including phenoxy) is 4. The number of hydrogen-bond donors (Lipinski definition) is 4. The maximum Gasteiger partial charge on any atom is 0.407 e. The van der Waals surface area contributed by atoms with Gasteiger partial charge in [-0.3, -0.25) is 14.7 Å². The quantitative estimate of drug-likeness (QED) is 0.397. The number of nitrogens with one attached hydrogen (secondary N) is 3. The molecular formula is C22H26N4O8. The van der Waals surface area contributed by atoms with Crippen LogP contribution in [0.1, 0.15) is 41.2 Å². The first-order chi connectivity index (χ1) is 16.4. The standard InChI is InChI=1S/C22H26N4O8/c1-31-15-5-18(28)16(8-27)19(6-15)33-11-21(29)24-20-7-17(25-26-20)12-2-3-14(4-12)34-22(30)23-13-9-32-10-13/h5-8,12-14,28H,2-4,9-11H2,1H3,(H,23,30)(H2,24,25,26,29)/t12-,14+/m0/s1. The Bertz CT molecular complexity index is 1050. The van der Waals surface area contributed by atoms with Gasteiger partial charge >= 0.3 is 6.09 Å². The fourth-order valence-corrected chi connectivity index (χ4v) is 3.88. The summed E-state index contributed by atoms with van der Waals surface area (Å²) in [5, 5.41) is 22.3. The molecular weight excluding hydrogens is 448 g/mol. The summed E-state index contributed by atoms with van der Waals surface area (Å²) in [6.07, 6.45) is 2.02.